The predicted molar refractivity (Wildman–Crippen MR) is 79.5 cm³/mol. The number of nitrogens with one attached hydrogen (secondary N) is 2. The van der Waals surface area contributed by atoms with Crippen LogP contribution >= 0.6 is 23.2 Å². The maximum absolute atomic E-state index is 11.8. The first-order valence-corrected chi connectivity index (χ1v) is 6.80. The highest BCUT2D eigenvalue weighted by atomic mass is 35.5. The van der Waals surface area contributed by atoms with E-state index in [0.29, 0.717) is 22.2 Å². The van der Waals surface area contributed by atoms with E-state index in [4.69, 9.17) is 28.3 Å². The van der Waals surface area contributed by atoms with E-state index >= 15 is 0 Å². The first kappa shape index (κ1) is 16.6. The van der Waals surface area contributed by atoms with Crippen LogP contribution in [0.25, 0.3) is 0 Å². The zero-order valence-corrected chi connectivity index (χ0v) is 12.6. The lowest BCUT2D eigenvalue weighted by molar-refractivity contribution is -0.139. The van der Waals surface area contributed by atoms with Crippen molar-refractivity contribution in [2.24, 2.45) is 5.92 Å². The molecule has 1 rings (SSSR count). The number of hydrogen-bond donors (Lipinski definition) is 3. The number of carboxylic acids is 1. The van der Waals surface area contributed by atoms with Gasteiger partial charge in [0.2, 0.25) is 0 Å². The summed E-state index contributed by atoms with van der Waals surface area (Å²) in [4.78, 5) is 22.8. The van der Waals surface area contributed by atoms with Gasteiger partial charge in [0.25, 0.3) is 0 Å². The maximum atomic E-state index is 11.8. The molecule has 0 aliphatic carbocycles. The molecule has 110 valence electrons. The lowest BCUT2D eigenvalue weighted by atomic mass is 10.0. The molecule has 0 aliphatic heterocycles. The second-order valence-electron chi connectivity index (χ2n) is 4.74. The Morgan fingerprint density at radius 3 is 2.50 bits per heavy atom. The molecule has 0 saturated carbocycles. The first-order chi connectivity index (χ1) is 9.29. The van der Waals surface area contributed by atoms with Gasteiger partial charge in [-0.15, -0.1) is 0 Å². The summed E-state index contributed by atoms with van der Waals surface area (Å²) < 4.78 is 0. The summed E-state index contributed by atoms with van der Waals surface area (Å²) in [5.41, 5.74) is 0.324. The van der Waals surface area contributed by atoms with Gasteiger partial charge in [0.1, 0.15) is 6.04 Å². The zero-order valence-electron chi connectivity index (χ0n) is 11.1. The summed E-state index contributed by atoms with van der Waals surface area (Å²) in [6, 6.07) is 3.03. The Kier molecular flexibility index (Phi) is 6.10. The van der Waals surface area contributed by atoms with Crippen LogP contribution in [0.15, 0.2) is 18.2 Å². The minimum atomic E-state index is -1.08. The van der Waals surface area contributed by atoms with Gasteiger partial charge in [0.15, 0.2) is 0 Å². The molecule has 1 aromatic carbocycles. The zero-order chi connectivity index (χ0) is 15.3. The van der Waals surface area contributed by atoms with Gasteiger partial charge in [0, 0.05) is 5.02 Å². The molecule has 2 amide bonds. The van der Waals surface area contributed by atoms with E-state index in [0.717, 1.165) is 0 Å². The van der Waals surface area contributed by atoms with Crippen LogP contribution in [0.5, 0.6) is 0 Å². The SMILES string of the molecule is CC(C)CC(NC(=O)Nc1cc(Cl)ccc1Cl)C(=O)O. The molecular formula is C13H16Cl2N2O3. The fourth-order valence-electron chi connectivity index (χ4n) is 1.60. The van der Waals surface area contributed by atoms with Crippen molar-refractivity contribution in [3.8, 4) is 0 Å². The Labute approximate surface area is 127 Å². The number of aliphatic carboxylic acids is 1. The van der Waals surface area contributed by atoms with Crippen LogP contribution in [0.4, 0.5) is 10.5 Å². The van der Waals surface area contributed by atoms with Crippen molar-refractivity contribution >= 4 is 40.9 Å². The number of amides is 2. The molecule has 0 heterocycles. The molecule has 0 fully saturated rings. The fourth-order valence-corrected chi connectivity index (χ4v) is 1.94. The van der Waals surface area contributed by atoms with E-state index in [-0.39, 0.29) is 5.92 Å². The Bertz CT molecular complexity index is 506. The Hall–Kier alpha value is -1.46. The van der Waals surface area contributed by atoms with E-state index in [1.165, 1.54) is 6.07 Å². The fraction of sp³-hybridized carbons (Fsp3) is 0.385. The van der Waals surface area contributed by atoms with E-state index < -0.39 is 18.0 Å². The van der Waals surface area contributed by atoms with E-state index in [9.17, 15) is 9.59 Å². The molecule has 5 nitrogen and oxygen atoms in total. The molecule has 7 heteroatoms. The van der Waals surface area contributed by atoms with Gasteiger partial charge in [-0.3, -0.25) is 0 Å². The van der Waals surface area contributed by atoms with Crippen LogP contribution < -0.4 is 10.6 Å². The standard InChI is InChI=1S/C13H16Cl2N2O3/c1-7(2)5-11(12(18)19)17-13(20)16-10-6-8(14)3-4-9(10)15/h3-4,6-7,11H,5H2,1-2H3,(H,18,19)(H2,16,17,20). The number of carbonyl (C=O) groups is 2. The smallest absolute Gasteiger partial charge is 0.326 e. The second kappa shape index (κ2) is 7.36. The van der Waals surface area contributed by atoms with E-state index in [1.54, 1.807) is 12.1 Å². The normalized spacial score (nSPS) is 12.1. The number of carbonyl (C=O) groups excluding carboxylic acids is 1. The average Bonchev–Trinajstić information content (AvgIpc) is 2.32. The summed E-state index contributed by atoms with van der Waals surface area (Å²) in [5.74, 6) is -0.933. The predicted octanol–water partition coefficient (Wildman–Crippen LogP) is 3.61. The summed E-state index contributed by atoms with van der Waals surface area (Å²) >= 11 is 11.7. The lowest BCUT2D eigenvalue weighted by Gasteiger charge is -2.17. The number of halogens is 2. The number of carboxylic acid groups (broad SMARTS) is 1. The molecule has 20 heavy (non-hydrogen) atoms. The van der Waals surface area contributed by atoms with Gasteiger partial charge in [-0.2, -0.15) is 0 Å². The molecule has 0 aromatic heterocycles. The maximum Gasteiger partial charge on any atom is 0.326 e. The summed E-state index contributed by atoms with van der Waals surface area (Å²) in [6.45, 7) is 3.76. The molecule has 0 saturated heterocycles. The van der Waals surface area contributed by atoms with Crippen LogP contribution in [-0.4, -0.2) is 23.1 Å². The second-order valence-corrected chi connectivity index (χ2v) is 5.59. The molecule has 0 radical (unpaired) electrons. The van der Waals surface area contributed by atoms with Crippen molar-refractivity contribution < 1.29 is 14.7 Å². The lowest BCUT2D eigenvalue weighted by Crippen LogP contribution is -2.43. The molecular weight excluding hydrogens is 303 g/mol. The quantitative estimate of drug-likeness (QED) is 0.775. The van der Waals surface area contributed by atoms with Gasteiger partial charge in [-0.1, -0.05) is 37.0 Å². The van der Waals surface area contributed by atoms with Crippen molar-refractivity contribution in [3.05, 3.63) is 28.2 Å². The number of anilines is 1. The van der Waals surface area contributed by atoms with Gasteiger partial charge >= 0.3 is 12.0 Å². The number of benzene rings is 1. The molecule has 1 atom stereocenters. The highest BCUT2D eigenvalue weighted by Gasteiger charge is 2.21. The third kappa shape index (κ3) is 5.27. The van der Waals surface area contributed by atoms with Gasteiger partial charge in [0.05, 0.1) is 10.7 Å². The van der Waals surface area contributed by atoms with Gasteiger partial charge in [-0.05, 0) is 30.5 Å². The molecule has 1 unspecified atom stereocenters. The third-order valence-electron chi connectivity index (χ3n) is 2.49. The monoisotopic (exact) mass is 318 g/mol. The van der Waals surface area contributed by atoms with Gasteiger partial charge in [-0.25, -0.2) is 9.59 Å². The highest BCUT2D eigenvalue weighted by molar-refractivity contribution is 6.35. The molecule has 0 spiro atoms. The van der Waals surface area contributed by atoms with Crippen LogP contribution in [0.3, 0.4) is 0 Å². The van der Waals surface area contributed by atoms with E-state index in [2.05, 4.69) is 10.6 Å². The Morgan fingerprint density at radius 2 is 1.95 bits per heavy atom. The van der Waals surface area contributed by atoms with Crippen molar-refractivity contribution in [3.63, 3.8) is 0 Å². The van der Waals surface area contributed by atoms with Crippen LogP contribution in [-0.2, 0) is 4.79 Å². The molecule has 0 bridgehead atoms. The Morgan fingerprint density at radius 1 is 1.30 bits per heavy atom. The molecule has 3 N–H and O–H groups in total. The van der Waals surface area contributed by atoms with Crippen molar-refractivity contribution in [2.75, 3.05) is 5.32 Å². The van der Waals surface area contributed by atoms with Crippen LogP contribution in [0.2, 0.25) is 10.0 Å². The van der Waals surface area contributed by atoms with Crippen LogP contribution in [0.1, 0.15) is 20.3 Å². The van der Waals surface area contributed by atoms with Crippen molar-refractivity contribution in [2.45, 2.75) is 26.3 Å². The molecule has 0 aliphatic rings. The third-order valence-corrected chi connectivity index (χ3v) is 3.05. The van der Waals surface area contributed by atoms with Crippen LogP contribution in [0, 0.1) is 5.92 Å². The van der Waals surface area contributed by atoms with Crippen molar-refractivity contribution in [1.82, 2.24) is 5.32 Å². The summed E-state index contributed by atoms with van der Waals surface area (Å²) in [7, 11) is 0. The van der Waals surface area contributed by atoms with Gasteiger partial charge < -0.3 is 15.7 Å². The largest absolute Gasteiger partial charge is 0.480 e. The minimum Gasteiger partial charge on any atom is -0.480 e. The van der Waals surface area contributed by atoms with E-state index in [1.807, 2.05) is 13.8 Å². The Balaban J connectivity index is 2.70. The summed E-state index contributed by atoms with van der Waals surface area (Å²) in [5, 5.41) is 14.7. The minimum absolute atomic E-state index is 0.145. The van der Waals surface area contributed by atoms with Crippen molar-refractivity contribution in [1.29, 1.82) is 0 Å². The number of hydrogen-bond acceptors (Lipinski definition) is 2. The highest BCUT2D eigenvalue weighted by Crippen LogP contribution is 2.25. The number of urea groups is 1. The summed E-state index contributed by atoms with van der Waals surface area (Å²) in [6.07, 6.45) is 0.339. The first-order valence-electron chi connectivity index (χ1n) is 6.05. The topological polar surface area (TPSA) is 78.4 Å². The molecule has 1 aromatic rings. The average molecular weight is 319 g/mol. The number of rotatable bonds is 5.